The summed E-state index contributed by atoms with van der Waals surface area (Å²) in [6, 6.07) is 11.2. The molecule has 3 rings (SSSR count). The van der Waals surface area contributed by atoms with E-state index >= 15 is 0 Å². The smallest absolute Gasteiger partial charge is 0.319 e. The lowest BCUT2D eigenvalue weighted by Gasteiger charge is -2.12. The molecule has 1 N–H and O–H groups in total. The highest BCUT2D eigenvalue weighted by atomic mass is 32.2. The van der Waals surface area contributed by atoms with Crippen molar-refractivity contribution in [2.45, 2.75) is 25.7 Å². The second kappa shape index (κ2) is 9.88. The number of imidazole rings is 1. The fraction of sp³-hybridized carbons (Fsp3) is 0.238. The van der Waals surface area contributed by atoms with Gasteiger partial charge in [-0.05, 0) is 32.0 Å². The van der Waals surface area contributed by atoms with Gasteiger partial charge in [0.25, 0.3) is 0 Å². The normalized spacial score (nSPS) is 11.7. The number of amides is 1. The number of nitrogens with one attached hydrogen (secondary N) is 1. The topological polar surface area (TPSA) is 86.1 Å². The van der Waals surface area contributed by atoms with E-state index in [2.05, 4.69) is 15.3 Å². The molecule has 8 heteroatoms. The van der Waals surface area contributed by atoms with E-state index in [0.29, 0.717) is 0 Å². The molecular weight excluding hydrogens is 388 g/mol. The van der Waals surface area contributed by atoms with E-state index in [1.165, 1.54) is 11.8 Å². The van der Waals surface area contributed by atoms with E-state index < -0.39 is 5.25 Å². The lowest BCUT2D eigenvalue weighted by atomic mass is 10.2. The van der Waals surface area contributed by atoms with Crippen molar-refractivity contribution in [2.24, 2.45) is 0 Å². The molecule has 0 radical (unpaired) electrons. The predicted molar refractivity (Wildman–Crippen MR) is 113 cm³/mol. The Kier molecular flexibility index (Phi) is 7.02. The van der Waals surface area contributed by atoms with Crippen LogP contribution < -0.4 is 5.32 Å². The van der Waals surface area contributed by atoms with E-state index in [-0.39, 0.29) is 24.2 Å². The summed E-state index contributed by atoms with van der Waals surface area (Å²) in [7, 11) is 0. The number of esters is 1. The van der Waals surface area contributed by atoms with Gasteiger partial charge in [-0.3, -0.25) is 14.2 Å². The summed E-state index contributed by atoms with van der Waals surface area (Å²) in [5.41, 5.74) is 2.65. The van der Waals surface area contributed by atoms with Gasteiger partial charge in [0.05, 0.1) is 5.75 Å². The van der Waals surface area contributed by atoms with Crippen molar-refractivity contribution in [1.82, 2.24) is 14.5 Å². The molecule has 0 saturated carbocycles. The highest BCUT2D eigenvalue weighted by Crippen LogP contribution is 2.15. The van der Waals surface area contributed by atoms with Crippen LogP contribution in [-0.4, -0.2) is 37.4 Å². The summed E-state index contributed by atoms with van der Waals surface area (Å²) in [5, 5.41) is 2.36. The number of pyridine rings is 1. The Labute approximate surface area is 173 Å². The number of hydrogen-bond donors (Lipinski definition) is 1. The third-order valence-corrected chi connectivity index (χ3v) is 5.21. The van der Waals surface area contributed by atoms with Gasteiger partial charge < -0.3 is 10.1 Å². The van der Waals surface area contributed by atoms with E-state index in [1.807, 2.05) is 43.3 Å². The molecule has 0 fully saturated rings. The van der Waals surface area contributed by atoms with E-state index in [0.717, 1.165) is 22.6 Å². The van der Waals surface area contributed by atoms with Crippen LogP contribution in [0.2, 0.25) is 0 Å². The first kappa shape index (κ1) is 20.6. The first-order valence-corrected chi connectivity index (χ1v) is 10.1. The zero-order valence-electron chi connectivity index (χ0n) is 16.2. The van der Waals surface area contributed by atoms with Crippen LogP contribution in [0.5, 0.6) is 0 Å². The molecule has 1 atom stereocenters. The molecule has 0 bridgehead atoms. The molecule has 3 aromatic rings. The number of carbonyl (C=O) groups is 2. The fourth-order valence-electron chi connectivity index (χ4n) is 2.42. The Bertz CT molecular complexity index is 941. The summed E-state index contributed by atoms with van der Waals surface area (Å²) >= 11 is 1.24. The largest absolute Gasteiger partial charge is 0.460 e. The second-order valence-corrected chi connectivity index (χ2v) is 7.80. The molecule has 0 spiro atoms. The maximum absolute atomic E-state index is 12.2. The van der Waals surface area contributed by atoms with Crippen LogP contribution >= 0.6 is 11.8 Å². The van der Waals surface area contributed by atoms with Crippen LogP contribution in [-0.2, 0) is 20.9 Å². The van der Waals surface area contributed by atoms with Crippen molar-refractivity contribution in [3.8, 4) is 5.82 Å². The van der Waals surface area contributed by atoms with Crippen molar-refractivity contribution in [2.75, 3.05) is 11.1 Å². The highest BCUT2D eigenvalue weighted by molar-refractivity contribution is 8.01. The summed E-state index contributed by atoms with van der Waals surface area (Å²) in [6.45, 7) is 3.85. The minimum absolute atomic E-state index is 0.135. The maximum atomic E-state index is 12.2. The standard InChI is InChI=1S/C21H22N4O3S/c1-15-3-6-18(7-4-15)24-20(26)13-29-16(2)21(27)28-12-17-5-8-19(23-11-17)25-10-9-22-14-25/h3-11,14,16H,12-13H2,1-2H3,(H,24,26). The van der Waals surface area contributed by atoms with Gasteiger partial charge in [-0.1, -0.05) is 23.8 Å². The van der Waals surface area contributed by atoms with Gasteiger partial charge in [-0.2, -0.15) is 0 Å². The second-order valence-electron chi connectivity index (χ2n) is 6.47. The quantitative estimate of drug-likeness (QED) is 0.573. The monoisotopic (exact) mass is 410 g/mol. The van der Waals surface area contributed by atoms with E-state index in [1.54, 1.807) is 36.4 Å². The third-order valence-electron chi connectivity index (χ3n) is 4.09. The molecule has 0 aliphatic heterocycles. The molecule has 1 amide bonds. The molecule has 1 unspecified atom stereocenters. The number of aromatic nitrogens is 3. The lowest BCUT2D eigenvalue weighted by molar-refractivity contribution is -0.143. The molecule has 2 aromatic heterocycles. The minimum Gasteiger partial charge on any atom is -0.460 e. The van der Waals surface area contributed by atoms with Gasteiger partial charge in [0.15, 0.2) is 0 Å². The summed E-state index contributed by atoms with van der Waals surface area (Å²) in [5.74, 6) is 0.390. The lowest BCUT2D eigenvalue weighted by Crippen LogP contribution is -2.21. The summed E-state index contributed by atoms with van der Waals surface area (Å²) in [6.07, 6.45) is 6.80. The van der Waals surface area contributed by atoms with Crippen molar-refractivity contribution in [1.29, 1.82) is 0 Å². The zero-order valence-corrected chi connectivity index (χ0v) is 17.1. The van der Waals surface area contributed by atoms with Crippen LogP contribution in [0, 0.1) is 6.92 Å². The van der Waals surface area contributed by atoms with Gasteiger partial charge in [0, 0.05) is 29.8 Å². The molecule has 0 aliphatic rings. The average Bonchev–Trinajstić information content (AvgIpc) is 3.27. The SMILES string of the molecule is Cc1ccc(NC(=O)CSC(C)C(=O)OCc2ccc(-n3ccnc3)nc2)cc1. The van der Waals surface area contributed by atoms with Crippen molar-refractivity contribution in [3.05, 3.63) is 72.4 Å². The van der Waals surface area contributed by atoms with Crippen LogP contribution in [0.3, 0.4) is 0 Å². The number of aryl methyl sites for hydroxylation is 1. The van der Waals surface area contributed by atoms with Crippen LogP contribution in [0.1, 0.15) is 18.1 Å². The van der Waals surface area contributed by atoms with E-state index in [4.69, 9.17) is 4.74 Å². The number of ether oxygens (including phenoxy) is 1. The number of hydrogen-bond acceptors (Lipinski definition) is 6. The van der Waals surface area contributed by atoms with Crippen LogP contribution in [0.25, 0.3) is 5.82 Å². The van der Waals surface area contributed by atoms with Gasteiger partial charge in [0.2, 0.25) is 5.91 Å². The first-order chi connectivity index (χ1) is 14.0. The maximum Gasteiger partial charge on any atom is 0.319 e. The summed E-state index contributed by atoms with van der Waals surface area (Å²) in [4.78, 5) is 32.5. The molecule has 150 valence electrons. The highest BCUT2D eigenvalue weighted by Gasteiger charge is 2.17. The molecule has 7 nitrogen and oxygen atoms in total. The number of thioether (sulfide) groups is 1. The van der Waals surface area contributed by atoms with Crippen molar-refractivity contribution in [3.63, 3.8) is 0 Å². The van der Waals surface area contributed by atoms with Crippen LogP contribution in [0.4, 0.5) is 5.69 Å². The van der Waals surface area contributed by atoms with Crippen molar-refractivity contribution >= 4 is 29.3 Å². The number of carbonyl (C=O) groups excluding carboxylic acids is 2. The van der Waals surface area contributed by atoms with Gasteiger partial charge >= 0.3 is 5.97 Å². The van der Waals surface area contributed by atoms with Gasteiger partial charge in [-0.15, -0.1) is 11.8 Å². The number of nitrogens with zero attached hydrogens (tertiary/aromatic N) is 3. The van der Waals surface area contributed by atoms with Crippen LogP contribution in [0.15, 0.2) is 61.3 Å². The fourth-order valence-corrected chi connectivity index (χ4v) is 3.10. The molecule has 2 heterocycles. The first-order valence-electron chi connectivity index (χ1n) is 9.09. The number of rotatable bonds is 8. The molecule has 29 heavy (non-hydrogen) atoms. The molecule has 0 aliphatic carbocycles. The van der Waals surface area contributed by atoms with Gasteiger partial charge in [0.1, 0.15) is 24.0 Å². The summed E-state index contributed by atoms with van der Waals surface area (Å²) < 4.78 is 7.12. The average molecular weight is 410 g/mol. The Balaban J connectivity index is 1.40. The molecule has 1 aromatic carbocycles. The molecule has 0 saturated heterocycles. The Morgan fingerprint density at radius 2 is 2.00 bits per heavy atom. The number of anilines is 1. The van der Waals surface area contributed by atoms with Crippen molar-refractivity contribution < 1.29 is 14.3 Å². The Morgan fingerprint density at radius 1 is 1.21 bits per heavy atom. The Morgan fingerprint density at radius 3 is 2.66 bits per heavy atom. The minimum atomic E-state index is -0.447. The Hall–Kier alpha value is -3.13. The number of benzene rings is 1. The molecular formula is C21H22N4O3S. The van der Waals surface area contributed by atoms with Gasteiger partial charge in [-0.25, -0.2) is 9.97 Å². The van der Waals surface area contributed by atoms with E-state index in [9.17, 15) is 9.59 Å². The third kappa shape index (κ3) is 6.18. The predicted octanol–water partition coefficient (Wildman–Crippen LogP) is 3.38. The zero-order chi connectivity index (χ0) is 20.6.